The minimum atomic E-state index is -0.689. The van der Waals surface area contributed by atoms with E-state index in [1.54, 1.807) is 0 Å². The molecule has 1 aromatic carbocycles. The van der Waals surface area contributed by atoms with Gasteiger partial charge in [-0.05, 0) is 41.7 Å². The first-order valence-corrected chi connectivity index (χ1v) is 7.73. The molecule has 2 atom stereocenters. The fourth-order valence-corrected chi connectivity index (χ4v) is 2.67. The zero-order chi connectivity index (χ0) is 16.4. The van der Waals surface area contributed by atoms with Crippen LogP contribution in [0.4, 0.5) is 11.5 Å². The summed E-state index contributed by atoms with van der Waals surface area (Å²) in [5.74, 6) is 0.237. The van der Waals surface area contributed by atoms with Crippen LogP contribution in [-0.2, 0) is 11.3 Å². The topological polar surface area (TPSA) is 65.5 Å². The summed E-state index contributed by atoms with van der Waals surface area (Å²) >= 11 is 0. The van der Waals surface area contributed by atoms with Crippen molar-refractivity contribution < 1.29 is 9.90 Å². The van der Waals surface area contributed by atoms with Crippen LogP contribution in [0.5, 0.6) is 0 Å². The Hall–Kier alpha value is -2.56. The molecule has 0 saturated heterocycles. The van der Waals surface area contributed by atoms with Gasteiger partial charge in [0, 0.05) is 32.5 Å². The van der Waals surface area contributed by atoms with Gasteiger partial charge >= 0.3 is 5.97 Å². The number of nitrogens with zero attached hydrogens (tertiary/aromatic N) is 2. The molecular formula is C18H21N3O2. The molecule has 3 rings (SSSR count). The van der Waals surface area contributed by atoms with E-state index in [4.69, 9.17) is 5.11 Å². The van der Waals surface area contributed by atoms with Crippen LogP contribution < -0.4 is 10.2 Å². The molecule has 1 aromatic heterocycles. The third-order valence-corrected chi connectivity index (χ3v) is 4.21. The lowest BCUT2D eigenvalue weighted by atomic mass is 10.1. The van der Waals surface area contributed by atoms with Gasteiger partial charge in [-0.2, -0.15) is 0 Å². The molecule has 120 valence electrons. The number of benzene rings is 1. The van der Waals surface area contributed by atoms with Crippen LogP contribution in [0.15, 0.2) is 42.6 Å². The lowest BCUT2D eigenvalue weighted by Gasteiger charge is -2.12. The molecule has 0 bridgehead atoms. The molecule has 5 nitrogen and oxygen atoms in total. The molecule has 2 N–H and O–H groups in total. The Labute approximate surface area is 136 Å². The first kappa shape index (κ1) is 15.3. The maximum absolute atomic E-state index is 10.9. The fourth-order valence-electron chi connectivity index (χ4n) is 2.67. The van der Waals surface area contributed by atoms with Gasteiger partial charge in [-0.25, -0.2) is 4.98 Å². The fraction of sp³-hybridized carbons (Fsp3) is 0.333. The molecule has 1 aliphatic carbocycles. The molecule has 0 aliphatic heterocycles. The van der Waals surface area contributed by atoms with Gasteiger partial charge in [-0.15, -0.1) is 0 Å². The number of carboxylic acids is 1. The van der Waals surface area contributed by atoms with Crippen molar-refractivity contribution in [3.63, 3.8) is 0 Å². The van der Waals surface area contributed by atoms with Crippen molar-refractivity contribution in [1.82, 2.24) is 4.98 Å². The number of hydrogen-bond donors (Lipinski definition) is 2. The van der Waals surface area contributed by atoms with E-state index in [0.717, 1.165) is 29.1 Å². The summed E-state index contributed by atoms with van der Waals surface area (Å²) in [5.41, 5.74) is 3.26. The molecule has 0 unspecified atom stereocenters. The smallest absolute Gasteiger partial charge is 0.307 e. The van der Waals surface area contributed by atoms with E-state index in [1.165, 1.54) is 0 Å². The Morgan fingerprint density at radius 3 is 2.52 bits per heavy atom. The van der Waals surface area contributed by atoms with E-state index in [2.05, 4.69) is 16.4 Å². The van der Waals surface area contributed by atoms with Gasteiger partial charge in [0.2, 0.25) is 0 Å². The summed E-state index contributed by atoms with van der Waals surface area (Å²) in [4.78, 5) is 17.3. The Kier molecular flexibility index (Phi) is 4.19. The van der Waals surface area contributed by atoms with Crippen LogP contribution in [0.3, 0.4) is 0 Å². The number of aliphatic carboxylic acids is 1. The van der Waals surface area contributed by atoms with Crippen molar-refractivity contribution in [3.05, 3.63) is 53.7 Å². The first-order valence-electron chi connectivity index (χ1n) is 7.73. The summed E-state index contributed by atoms with van der Waals surface area (Å²) in [5, 5.41) is 12.3. The summed E-state index contributed by atoms with van der Waals surface area (Å²) in [7, 11) is 3.94. The van der Waals surface area contributed by atoms with E-state index < -0.39 is 5.97 Å². The third kappa shape index (κ3) is 3.62. The quantitative estimate of drug-likeness (QED) is 0.858. The number of nitrogens with one attached hydrogen (secondary N) is 1. The average Bonchev–Trinajstić information content (AvgIpc) is 3.35. The highest BCUT2D eigenvalue weighted by Gasteiger charge is 2.43. The maximum Gasteiger partial charge on any atom is 0.307 e. The number of hydrogen-bond acceptors (Lipinski definition) is 4. The Morgan fingerprint density at radius 2 is 2.00 bits per heavy atom. The van der Waals surface area contributed by atoms with Crippen LogP contribution in [0.25, 0.3) is 0 Å². The van der Waals surface area contributed by atoms with Crippen LogP contribution in [-0.4, -0.2) is 30.2 Å². The van der Waals surface area contributed by atoms with Crippen molar-refractivity contribution in [2.45, 2.75) is 18.9 Å². The Balaban J connectivity index is 1.55. The minimum absolute atomic E-state index is 0.185. The maximum atomic E-state index is 10.9. The number of aromatic nitrogens is 1. The molecule has 1 saturated carbocycles. The molecule has 1 heterocycles. The number of carbonyl (C=O) groups is 1. The summed E-state index contributed by atoms with van der Waals surface area (Å²) < 4.78 is 0. The SMILES string of the molecule is CN(C)c1ccc(CNc2ccc([C@@H]3C[C@H]3C(=O)O)cc2)cn1. The second-order valence-corrected chi connectivity index (χ2v) is 6.18. The third-order valence-electron chi connectivity index (χ3n) is 4.21. The van der Waals surface area contributed by atoms with Gasteiger partial charge in [0.25, 0.3) is 0 Å². The Bertz CT molecular complexity index is 680. The highest BCUT2D eigenvalue weighted by molar-refractivity contribution is 5.75. The largest absolute Gasteiger partial charge is 0.481 e. The molecule has 23 heavy (non-hydrogen) atoms. The molecule has 0 amide bonds. The molecule has 1 fully saturated rings. The zero-order valence-electron chi connectivity index (χ0n) is 13.4. The van der Waals surface area contributed by atoms with E-state index >= 15 is 0 Å². The van der Waals surface area contributed by atoms with Gasteiger partial charge in [-0.1, -0.05) is 18.2 Å². The average molecular weight is 311 g/mol. The van der Waals surface area contributed by atoms with Gasteiger partial charge in [0.1, 0.15) is 5.82 Å². The molecule has 5 heteroatoms. The molecule has 0 spiro atoms. The summed E-state index contributed by atoms with van der Waals surface area (Å²) in [6.45, 7) is 0.710. The zero-order valence-corrected chi connectivity index (χ0v) is 13.4. The van der Waals surface area contributed by atoms with Crippen LogP contribution >= 0.6 is 0 Å². The van der Waals surface area contributed by atoms with Gasteiger partial charge < -0.3 is 15.3 Å². The molecule has 1 aliphatic rings. The second kappa shape index (κ2) is 6.28. The highest BCUT2D eigenvalue weighted by Crippen LogP contribution is 2.47. The second-order valence-electron chi connectivity index (χ2n) is 6.18. The van der Waals surface area contributed by atoms with E-state index in [9.17, 15) is 4.79 Å². The van der Waals surface area contributed by atoms with Crippen molar-refractivity contribution in [2.75, 3.05) is 24.3 Å². The van der Waals surface area contributed by atoms with Crippen molar-refractivity contribution in [1.29, 1.82) is 0 Å². The Morgan fingerprint density at radius 1 is 1.26 bits per heavy atom. The molecular weight excluding hydrogens is 290 g/mol. The first-order chi connectivity index (χ1) is 11.0. The summed E-state index contributed by atoms with van der Waals surface area (Å²) in [6.07, 6.45) is 2.63. The van der Waals surface area contributed by atoms with Gasteiger partial charge in [-0.3, -0.25) is 4.79 Å². The molecule has 0 radical (unpaired) electrons. The van der Waals surface area contributed by atoms with E-state index in [-0.39, 0.29) is 11.8 Å². The monoisotopic (exact) mass is 311 g/mol. The molecule has 2 aromatic rings. The van der Waals surface area contributed by atoms with Crippen LogP contribution in [0.2, 0.25) is 0 Å². The standard InChI is InChI=1S/C18H21N3O2/c1-21(2)17-8-3-12(11-20-17)10-19-14-6-4-13(5-7-14)15-9-16(15)18(22)23/h3-8,11,15-16,19H,9-10H2,1-2H3,(H,22,23)/t15-,16+/m0/s1. The van der Waals surface area contributed by atoms with Gasteiger partial charge in [0.15, 0.2) is 0 Å². The lowest BCUT2D eigenvalue weighted by Crippen LogP contribution is -2.10. The van der Waals surface area contributed by atoms with Crippen LogP contribution in [0, 0.1) is 5.92 Å². The van der Waals surface area contributed by atoms with Crippen molar-refractivity contribution >= 4 is 17.5 Å². The van der Waals surface area contributed by atoms with E-state index in [1.807, 2.05) is 55.5 Å². The number of pyridine rings is 1. The number of rotatable bonds is 6. The predicted octanol–water partition coefficient (Wildman–Crippen LogP) is 2.95. The van der Waals surface area contributed by atoms with Gasteiger partial charge in [0.05, 0.1) is 5.92 Å². The van der Waals surface area contributed by atoms with Crippen molar-refractivity contribution in [2.24, 2.45) is 5.92 Å². The number of carboxylic acid groups (broad SMARTS) is 1. The highest BCUT2D eigenvalue weighted by atomic mass is 16.4. The van der Waals surface area contributed by atoms with Crippen LogP contribution in [0.1, 0.15) is 23.5 Å². The minimum Gasteiger partial charge on any atom is -0.481 e. The lowest BCUT2D eigenvalue weighted by molar-refractivity contribution is -0.138. The van der Waals surface area contributed by atoms with Crippen molar-refractivity contribution in [3.8, 4) is 0 Å². The summed E-state index contributed by atoms with van der Waals surface area (Å²) in [6, 6.07) is 12.1. The normalized spacial score (nSPS) is 19.2. The predicted molar refractivity (Wildman–Crippen MR) is 90.8 cm³/mol. The van der Waals surface area contributed by atoms with E-state index in [0.29, 0.717) is 6.54 Å². The number of anilines is 2.